The summed E-state index contributed by atoms with van der Waals surface area (Å²) >= 11 is 0. The Bertz CT molecular complexity index is 413. The van der Waals surface area contributed by atoms with E-state index in [9.17, 15) is 8.78 Å². The van der Waals surface area contributed by atoms with Gasteiger partial charge in [-0.05, 0) is 71.6 Å². The molecule has 3 fully saturated rings. The fourth-order valence-electron chi connectivity index (χ4n) is 4.80. The number of nitrogens with zero attached hydrogens (tertiary/aromatic N) is 3. The molecule has 1 spiro atoms. The number of hydrogen-bond donors (Lipinski definition) is 0. The number of alkyl halides is 2. The Balaban J connectivity index is 1.47. The van der Waals surface area contributed by atoms with Crippen LogP contribution in [-0.2, 0) is 0 Å². The summed E-state index contributed by atoms with van der Waals surface area (Å²) in [5.41, 5.74) is -0.738. The molecule has 0 aromatic heterocycles. The van der Waals surface area contributed by atoms with Crippen molar-refractivity contribution in [2.75, 3.05) is 52.4 Å². The van der Waals surface area contributed by atoms with Crippen LogP contribution in [0, 0.1) is 11.3 Å². The van der Waals surface area contributed by atoms with Gasteiger partial charge in [0.25, 0.3) is 5.92 Å². The molecule has 0 aromatic carbocycles. The maximum atomic E-state index is 14.8. The quantitative estimate of drug-likeness (QED) is 0.759. The Hall–Kier alpha value is -0.260. The predicted octanol–water partition coefficient (Wildman–Crippen LogP) is 3.16. The van der Waals surface area contributed by atoms with Crippen molar-refractivity contribution in [2.45, 2.75) is 58.4 Å². The van der Waals surface area contributed by atoms with Gasteiger partial charge in [0, 0.05) is 25.7 Å². The number of halogens is 2. The van der Waals surface area contributed by atoms with Crippen molar-refractivity contribution in [2.24, 2.45) is 11.3 Å². The molecule has 0 radical (unpaired) electrons. The summed E-state index contributed by atoms with van der Waals surface area (Å²) in [5, 5.41) is 0. The molecule has 0 N–H and O–H groups in total. The van der Waals surface area contributed by atoms with E-state index in [1.807, 2.05) is 0 Å². The molecule has 24 heavy (non-hydrogen) atoms. The van der Waals surface area contributed by atoms with Gasteiger partial charge in [0.05, 0.1) is 12.0 Å². The fraction of sp³-hybridized carbons (Fsp3) is 1.00. The first-order valence-electron chi connectivity index (χ1n) is 9.92. The van der Waals surface area contributed by atoms with Gasteiger partial charge in [-0.3, -0.25) is 9.80 Å². The van der Waals surface area contributed by atoms with E-state index in [4.69, 9.17) is 0 Å². The van der Waals surface area contributed by atoms with Gasteiger partial charge in [-0.1, -0.05) is 6.92 Å². The highest BCUT2D eigenvalue weighted by atomic mass is 19.3. The number of rotatable bonds is 5. The zero-order valence-electron chi connectivity index (χ0n) is 15.7. The minimum absolute atomic E-state index is 0.0197. The zero-order chi connectivity index (χ0) is 17.4. The third kappa shape index (κ3) is 3.63. The Morgan fingerprint density at radius 3 is 2.21 bits per heavy atom. The summed E-state index contributed by atoms with van der Waals surface area (Å²) in [4.78, 5) is 6.77. The van der Waals surface area contributed by atoms with Crippen LogP contribution in [0.25, 0.3) is 0 Å². The largest absolute Gasteiger partial charge is 0.303 e. The minimum Gasteiger partial charge on any atom is -0.303 e. The molecule has 0 amide bonds. The molecule has 3 heterocycles. The van der Waals surface area contributed by atoms with Crippen LogP contribution in [0.5, 0.6) is 0 Å². The number of hydrogen-bond acceptors (Lipinski definition) is 3. The first-order chi connectivity index (χ1) is 11.4. The van der Waals surface area contributed by atoms with Gasteiger partial charge < -0.3 is 4.90 Å². The Labute approximate surface area is 146 Å². The van der Waals surface area contributed by atoms with Crippen LogP contribution in [0.1, 0.15) is 46.5 Å². The van der Waals surface area contributed by atoms with Crippen molar-refractivity contribution < 1.29 is 8.78 Å². The van der Waals surface area contributed by atoms with Gasteiger partial charge in [0.2, 0.25) is 0 Å². The molecule has 3 saturated heterocycles. The molecule has 3 aliphatic rings. The first-order valence-corrected chi connectivity index (χ1v) is 9.92. The summed E-state index contributed by atoms with van der Waals surface area (Å²) in [7, 11) is 0. The first kappa shape index (κ1) is 18.5. The van der Waals surface area contributed by atoms with E-state index in [0.29, 0.717) is 31.5 Å². The Morgan fingerprint density at radius 1 is 1.00 bits per heavy atom. The monoisotopic (exact) mass is 343 g/mol. The summed E-state index contributed by atoms with van der Waals surface area (Å²) in [6, 6.07) is 0.387. The molecule has 0 aromatic rings. The third-order valence-electron chi connectivity index (χ3n) is 6.61. The summed E-state index contributed by atoms with van der Waals surface area (Å²) in [6.07, 6.45) is 4.22. The molecule has 0 aliphatic carbocycles. The van der Waals surface area contributed by atoms with E-state index in [0.717, 1.165) is 26.2 Å². The second-order valence-electron chi connectivity index (χ2n) is 8.75. The van der Waals surface area contributed by atoms with E-state index < -0.39 is 11.3 Å². The van der Waals surface area contributed by atoms with E-state index >= 15 is 0 Å². The molecule has 3 aliphatic heterocycles. The third-order valence-corrected chi connectivity index (χ3v) is 6.61. The Kier molecular flexibility index (Phi) is 5.53. The highest BCUT2D eigenvalue weighted by Crippen LogP contribution is 2.50. The minimum atomic E-state index is -2.53. The van der Waals surface area contributed by atoms with E-state index in [1.54, 1.807) is 0 Å². The Morgan fingerprint density at radius 2 is 1.67 bits per heavy atom. The molecule has 0 unspecified atom stereocenters. The lowest BCUT2D eigenvalue weighted by Crippen LogP contribution is -2.71. The zero-order valence-corrected chi connectivity index (χ0v) is 15.7. The van der Waals surface area contributed by atoms with Crippen LogP contribution in [0.4, 0.5) is 8.78 Å². The number of piperidine rings is 2. The topological polar surface area (TPSA) is 9.72 Å². The maximum Gasteiger partial charge on any atom is 0.268 e. The van der Waals surface area contributed by atoms with Crippen LogP contribution in [0.3, 0.4) is 0 Å². The average Bonchev–Trinajstić information content (AvgIpc) is 2.46. The molecule has 140 valence electrons. The second-order valence-corrected chi connectivity index (χ2v) is 8.75. The van der Waals surface area contributed by atoms with Gasteiger partial charge in [-0.25, -0.2) is 8.78 Å². The molecule has 3 rings (SSSR count). The maximum absolute atomic E-state index is 14.8. The molecule has 0 bridgehead atoms. The molecular weight excluding hydrogens is 308 g/mol. The molecule has 0 atom stereocenters. The predicted molar refractivity (Wildman–Crippen MR) is 94.6 cm³/mol. The van der Waals surface area contributed by atoms with Crippen LogP contribution in [-0.4, -0.2) is 79.0 Å². The van der Waals surface area contributed by atoms with Gasteiger partial charge in [-0.15, -0.1) is 0 Å². The van der Waals surface area contributed by atoms with Crippen molar-refractivity contribution in [1.82, 2.24) is 14.7 Å². The van der Waals surface area contributed by atoms with E-state index in [2.05, 4.69) is 35.5 Å². The average molecular weight is 344 g/mol. The molecule has 0 saturated carbocycles. The van der Waals surface area contributed by atoms with Crippen LogP contribution in [0.2, 0.25) is 0 Å². The van der Waals surface area contributed by atoms with E-state index in [-0.39, 0.29) is 6.54 Å². The van der Waals surface area contributed by atoms with E-state index in [1.165, 1.54) is 25.8 Å². The SMILES string of the molecule is CCCN1CCC(CN2CCC3(CN(C(C)C)C3)C(F)(F)C2)CC1. The summed E-state index contributed by atoms with van der Waals surface area (Å²) in [6.45, 7) is 12.8. The lowest BCUT2D eigenvalue weighted by molar-refractivity contribution is -0.230. The van der Waals surface area contributed by atoms with Crippen molar-refractivity contribution in [3.8, 4) is 0 Å². The van der Waals surface area contributed by atoms with Crippen molar-refractivity contribution in [3.63, 3.8) is 0 Å². The molecule has 5 heteroatoms. The van der Waals surface area contributed by atoms with Gasteiger partial charge in [-0.2, -0.15) is 0 Å². The molecular formula is C19H35F2N3. The lowest BCUT2D eigenvalue weighted by atomic mass is 9.68. The molecule has 3 nitrogen and oxygen atoms in total. The van der Waals surface area contributed by atoms with Gasteiger partial charge in [0.15, 0.2) is 0 Å². The number of likely N-dealkylation sites (tertiary alicyclic amines) is 3. The van der Waals surface area contributed by atoms with Crippen LogP contribution >= 0.6 is 0 Å². The van der Waals surface area contributed by atoms with Crippen molar-refractivity contribution in [3.05, 3.63) is 0 Å². The van der Waals surface area contributed by atoms with Crippen molar-refractivity contribution in [1.29, 1.82) is 0 Å². The van der Waals surface area contributed by atoms with Crippen LogP contribution in [0.15, 0.2) is 0 Å². The standard InChI is InChI=1S/C19H35F2N3/c1-4-8-22-9-5-17(6-10-22)12-23-11-7-18(19(20,21)15-23)13-24(14-18)16(2)3/h16-17H,4-15H2,1-3H3. The second kappa shape index (κ2) is 7.16. The van der Waals surface area contributed by atoms with Crippen LogP contribution < -0.4 is 0 Å². The van der Waals surface area contributed by atoms with Gasteiger partial charge >= 0.3 is 0 Å². The fourth-order valence-corrected chi connectivity index (χ4v) is 4.80. The highest BCUT2D eigenvalue weighted by Gasteiger charge is 2.62. The highest BCUT2D eigenvalue weighted by molar-refractivity contribution is 5.08. The van der Waals surface area contributed by atoms with Crippen molar-refractivity contribution >= 4 is 0 Å². The normalized spacial score (nSPS) is 29.2. The lowest BCUT2D eigenvalue weighted by Gasteiger charge is -2.59. The smallest absolute Gasteiger partial charge is 0.268 e. The van der Waals surface area contributed by atoms with Gasteiger partial charge in [0.1, 0.15) is 0 Å². The summed E-state index contributed by atoms with van der Waals surface area (Å²) in [5.74, 6) is -1.92. The summed E-state index contributed by atoms with van der Waals surface area (Å²) < 4.78 is 29.7.